The number of ether oxygens (including phenoxy) is 1. The van der Waals surface area contributed by atoms with Crippen molar-refractivity contribution in [2.24, 2.45) is 0 Å². The summed E-state index contributed by atoms with van der Waals surface area (Å²) in [6.07, 6.45) is 10.5. The van der Waals surface area contributed by atoms with Crippen LogP contribution in [0, 0.1) is 6.92 Å². The topological polar surface area (TPSA) is 44.9 Å². The number of fused-ring (bicyclic) bond motifs is 3. The van der Waals surface area contributed by atoms with E-state index in [1.807, 2.05) is 29.1 Å². The second-order valence-corrected chi connectivity index (χ2v) is 14.2. The van der Waals surface area contributed by atoms with Gasteiger partial charge < -0.3 is 4.74 Å². The molecule has 5 heteroatoms. The lowest BCUT2D eigenvalue weighted by Gasteiger charge is -2.25. The predicted molar refractivity (Wildman–Crippen MR) is 209 cm³/mol. The zero-order valence-electron chi connectivity index (χ0n) is 30.5. The van der Waals surface area contributed by atoms with E-state index in [9.17, 15) is 0 Å². The Morgan fingerprint density at radius 3 is 2.10 bits per heavy atom. The van der Waals surface area contributed by atoms with E-state index in [1.54, 1.807) is 0 Å². The Morgan fingerprint density at radius 1 is 0.700 bits per heavy atom. The molecule has 0 amide bonds. The van der Waals surface area contributed by atoms with Crippen LogP contribution in [0.1, 0.15) is 94.0 Å². The molecule has 7 aromatic rings. The van der Waals surface area contributed by atoms with E-state index < -0.39 is 0 Å². The summed E-state index contributed by atoms with van der Waals surface area (Å²) in [5.74, 6) is 3.35. The number of benzene rings is 4. The monoisotopic (exact) mass is 660 g/mol. The second kappa shape index (κ2) is 14.0. The van der Waals surface area contributed by atoms with Gasteiger partial charge in [0, 0.05) is 40.9 Å². The molecule has 0 spiro atoms. The Morgan fingerprint density at radius 2 is 1.40 bits per heavy atom. The number of pyridine rings is 1. The lowest BCUT2D eigenvalue weighted by Crippen LogP contribution is -2.08. The minimum Gasteiger partial charge on any atom is -0.457 e. The van der Waals surface area contributed by atoms with Crippen LogP contribution in [-0.4, -0.2) is 19.3 Å². The van der Waals surface area contributed by atoms with E-state index in [1.165, 1.54) is 49.7 Å². The van der Waals surface area contributed by atoms with Crippen molar-refractivity contribution >= 4 is 21.8 Å². The molecule has 0 radical (unpaired) electrons. The molecule has 0 N–H and O–H groups in total. The van der Waals surface area contributed by atoms with Crippen LogP contribution >= 0.6 is 0 Å². The molecule has 3 aromatic heterocycles. The first-order chi connectivity index (χ1) is 24.3. The number of rotatable bonds is 11. The largest absolute Gasteiger partial charge is 0.457 e. The first-order valence-electron chi connectivity index (χ1n) is 18.2. The molecule has 0 bridgehead atoms. The minimum atomic E-state index is 0.459. The molecule has 0 aliphatic rings. The van der Waals surface area contributed by atoms with E-state index >= 15 is 0 Å². The molecule has 3 heterocycles. The van der Waals surface area contributed by atoms with Crippen molar-refractivity contribution in [2.45, 2.75) is 86.0 Å². The van der Waals surface area contributed by atoms with Gasteiger partial charge in [-0.1, -0.05) is 84.7 Å². The zero-order valence-corrected chi connectivity index (χ0v) is 30.5. The van der Waals surface area contributed by atoms with E-state index in [2.05, 4.69) is 132 Å². The third kappa shape index (κ3) is 6.22. The fraction of sp³-hybridized carbons (Fsp3) is 0.289. The van der Waals surface area contributed by atoms with Gasteiger partial charge in [0.15, 0.2) is 0 Å². The maximum atomic E-state index is 6.56. The van der Waals surface area contributed by atoms with Crippen LogP contribution in [0.15, 0.2) is 104 Å². The second-order valence-electron chi connectivity index (χ2n) is 14.2. The maximum Gasteiger partial charge on any atom is 0.137 e. The van der Waals surface area contributed by atoms with Crippen LogP contribution in [-0.2, 0) is 12.8 Å². The number of hydrogen-bond donors (Lipinski definition) is 0. The molecule has 50 heavy (non-hydrogen) atoms. The molecular formula is C45H48N4O. The summed E-state index contributed by atoms with van der Waals surface area (Å²) in [6.45, 7) is 16.0. The molecule has 0 atom stereocenters. The van der Waals surface area contributed by atoms with Crippen molar-refractivity contribution in [3.05, 3.63) is 131 Å². The van der Waals surface area contributed by atoms with Crippen LogP contribution in [0.25, 0.3) is 44.4 Å². The van der Waals surface area contributed by atoms with Crippen molar-refractivity contribution in [2.75, 3.05) is 0 Å². The number of para-hydroxylation sites is 1. The van der Waals surface area contributed by atoms with Gasteiger partial charge in [0.05, 0.1) is 22.9 Å². The highest BCUT2D eigenvalue weighted by Crippen LogP contribution is 2.40. The maximum absolute atomic E-state index is 6.56. The molecule has 0 fully saturated rings. The normalized spacial score (nSPS) is 11.8. The average Bonchev–Trinajstić information content (AvgIpc) is 3.72. The van der Waals surface area contributed by atoms with E-state index in [0.29, 0.717) is 11.8 Å². The van der Waals surface area contributed by atoms with E-state index in [4.69, 9.17) is 14.8 Å². The fourth-order valence-corrected chi connectivity index (χ4v) is 7.55. The highest BCUT2D eigenvalue weighted by atomic mass is 16.5. The first kappa shape index (κ1) is 33.3. The Kier molecular flexibility index (Phi) is 9.33. The van der Waals surface area contributed by atoms with Crippen LogP contribution < -0.4 is 4.74 Å². The van der Waals surface area contributed by atoms with Crippen molar-refractivity contribution in [1.29, 1.82) is 0 Å². The summed E-state index contributed by atoms with van der Waals surface area (Å²) >= 11 is 0. The minimum absolute atomic E-state index is 0.459. The molecule has 0 aliphatic heterocycles. The summed E-state index contributed by atoms with van der Waals surface area (Å²) in [7, 11) is 0. The van der Waals surface area contributed by atoms with Crippen molar-refractivity contribution < 1.29 is 4.74 Å². The quantitative estimate of drug-likeness (QED) is 0.139. The van der Waals surface area contributed by atoms with Gasteiger partial charge in [-0.3, -0.25) is 4.57 Å². The standard InChI is InChI=1S/C45H48N4O/c1-8-13-38-40(29(3)4)26-41(30(5)6)39(14-9-2)45(38)32-27-47-48(28-32)33-15-12-16-34(24-33)50-35-19-20-37-36-17-10-11-18-42(36)49(43(37)25-35)44-23-31(7)21-22-46-44/h10-12,15-30H,8-9,13-14H2,1-7H3. The predicted octanol–water partition coefficient (Wildman–Crippen LogP) is 12.3. The Bertz CT molecular complexity index is 2270. The molecule has 0 saturated heterocycles. The number of aryl methyl sites for hydroxylation is 1. The van der Waals surface area contributed by atoms with Crippen molar-refractivity contribution in [3.63, 3.8) is 0 Å². The Labute approximate surface area is 296 Å². The number of nitrogens with zero attached hydrogens (tertiary/aromatic N) is 4. The van der Waals surface area contributed by atoms with E-state index in [0.717, 1.165) is 59.7 Å². The Hall–Kier alpha value is -5.16. The molecule has 0 unspecified atom stereocenters. The highest BCUT2D eigenvalue weighted by Gasteiger charge is 2.23. The van der Waals surface area contributed by atoms with Crippen molar-refractivity contribution in [1.82, 2.24) is 19.3 Å². The summed E-state index contributed by atoms with van der Waals surface area (Å²) in [6, 6.07) is 29.7. The first-order valence-corrected chi connectivity index (χ1v) is 18.2. The molecule has 0 saturated carbocycles. The molecule has 0 aliphatic carbocycles. The third-order valence-corrected chi connectivity index (χ3v) is 9.82. The van der Waals surface area contributed by atoms with Gasteiger partial charge in [0.2, 0.25) is 0 Å². The molecule has 254 valence electrons. The van der Waals surface area contributed by atoms with Crippen LogP contribution in [0.2, 0.25) is 0 Å². The van der Waals surface area contributed by atoms with E-state index in [-0.39, 0.29) is 0 Å². The third-order valence-electron chi connectivity index (χ3n) is 9.82. The van der Waals surface area contributed by atoms with Gasteiger partial charge in [-0.15, -0.1) is 0 Å². The summed E-state index contributed by atoms with van der Waals surface area (Å²) in [4.78, 5) is 4.74. The summed E-state index contributed by atoms with van der Waals surface area (Å²) in [5.41, 5.74) is 12.8. The fourth-order valence-electron chi connectivity index (χ4n) is 7.55. The summed E-state index contributed by atoms with van der Waals surface area (Å²) < 4.78 is 10.8. The van der Waals surface area contributed by atoms with Crippen molar-refractivity contribution in [3.8, 4) is 34.1 Å². The number of hydrogen-bond acceptors (Lipinski definition) is 3. The lowest BCUT2D eigenvalue weighted by atomic mass is 9.79. The zero-order chi connectivity index (χ0) is 34.9. The van der Waals surface area contributed by atoms with Gasteiger partial charge >= 0.3 is 0 Å². The lowest BCUT2D eigenvalue weighted by molar-refractivity contribution is 0.483. The average molecular weight is 661 g/mol. The van der Waals surface area contributed by atoms with Gasteiger partial charge in [-0.2, -0.15) is 5.10 Å². The van der Waals surface area contributed by atoms with Gasteiger partial charge in [0.25, 0.3) is 0 Å². The van der Waals surface area contributed by atoms with Crippen LogP contribution in [0.4, 0.5) is 0 Å². The van der Waals surface area contributed by atoms with Gasteiger partial charge in [-0.25, -0.2) is 9.67 Å². The SMILES string of the molecule is CCCc1c(C(C)C)cc(C(C)C)c(CCC)c1-c1cnn(-c2cccc(Oc3ccc4c5ccccc5n(-c5cc(C)ccn5)c4c3)c2)c1. The molecular weight excluding hydrogens is 613 g/mol. The van der Waals surface area contributed by atoms with Gasteiger partial charge in [-0.05, 0) is 107 Å². The van der Waals surface area contributed by atoms with Crippen LogP contribution in [0.3, 0.4) is 0 Å². The highest BCUT2D eigenvalue weighted by molar-refractivity contribution is 6.09. The molecule has 7 rings (SSSR count). The molecule has 5 nitrogen and oxygen atoms in total. The van der Waals surface area contributed by atoms with Crippen LogP contribution in [0.5, 0.6) is 11.5 Å². The Balaban J connectivity index is 1.27. The molecule has 4 aromatic carbocycles. The smallest absolute Gasteiger partial charge is 0.137 e. The number of aromatic nitrogens is 4. The summed E-state index contributed by atoms with van der Waals surface area (Å²) in [5, 5.41) is 7.29. The van der Waals surface area contributed by atoms with Gasteiger partial charge in [0.1, 0.15) is 17.3 Å².